The van der Waals surface area contributed by atoms with E-state index in [1.165, 1.54) is 15.4 Å². The Morgan fingerprint density at radius 2 is 1.74 bits per heavy atom. The van der Waals surface area contributed by atoms with E-state index in [-0.39, 0.29) is 12.7 Å². The minimum atomic E-state index is -0.415. The molecule has 1 aromatic carbocycles. The SMILES string of the molecule is CC[C@@H](OC[C@H](O)C[NH+]1CC[NH+](CCO)CC1)c1ccccc1. The van der Waals surface area contributed by atoms with Crippen LogP contribution in [0.15, 0.2) is 30.3 Å². The van der Waals surface area contributed by atoms with Crippen molar-refractivity contribution >= 4 is 0 Å². The van der Waals surface area contributed by atoms with Crippen LogP contribution in [0.1, 0.15) is 25.0 Å². The first-order valence-corrected chi connectivity index (χ1v) is 8.85. The summed E-state index contributed by atoms with van der Waals surface area (Å²) < 4.78 is 5.94. The Morgan fingerprint density at radius 1 is 1.09 bits per heavy atom. The van der Waals surface area contributed by atoms with Gasteiger partial charge in [-0.1, -0.05) is 37.3 Å². The van der Waals surface area contributed by atoms with Crippen LogP contribution in [0.5, 0.6) is 0 Å². The van der Waals surface area contributed by atoms with E-state index in [1.807, 2.05) is 18.2 Å². The number of ether oxygens (including phenoxy) is 1. The monoisotopic (exact) mass is 324 g/mol. The predicted octanol–water partition coefficient (Wildman–Crippen LogP) is -1.71. The minimum absolute atomic E-state index is 0.0618. The Labute approximate surface area is 139 Å². The number of aliphatic hydroxyl groups excluding tert-OH is 2. The fourth-order valence-corrected chi connectivity index (χ4v) is 3.31. The third kappa shape index (κ3) is 6.20. The van der Waals surface area contributed by atoms with Crippen LogP contribution in [0.3, 0.4) is 0 Å². The molecule has 0 bridgehead atoms. The average molecular weight is 324 g/mol. The number of piperazine rings is 1. The first-order chi connectivity index (χ1) is 11.2. The fraction of sp³-hybridized carbons (Fsp3) is 0.667. The van der Waals surface area contributed by atoms with Crippen molar-refractivity contribution in [2.45, 2.75) is 25.6 Å². The third-order valence-corrected chi connectivity index (χ3v) is 4.69. The Bertz CT molecular complexity index is 422. The van der Waals surface area contributed by atoms with Crippen molar-refractivity contribution in [2.24, 2.45) is 0 Å². The maximum Gasteiger partial charge on any atom is 0.127 e. The molecule has 2 atom stereocenters. The third-order valence-electron chi connectivity index (χ3n) is 4.69. The van der Waals surface area contributed by atoms with Gasteiger partial charge in [0.05, 0.1) is 19.3 Å². The zero-order chi connectivity index (χ0) is 16.5. The Morgan fingerprint density at radius 3 is 2.35 bits per heavy atom. The standard InChI is InChI=1S/C18H30N2O3/c1-2-18(16-6-4-3-5-7-16)23-15-17(22)14-20-10-8-19(9-11-20)12-13-21/h3-7,17-18,21-22H,2,8-15H2,1H3/p+2/t17-,18-/m1/s1. The highest BCUT2D eigenvalue weighted by atomic mass is 16.5. The van der Waals surface area contributed by atoms with Gasteiger partial charge in [-0.2, -0.15) is 0 Å². The van der Waals surface area contributed by atoms with Gasteiger partial charge in [-0.3, -0.25) is 0 Å². The van der Waals surface area contributed by atoms with E-state index in [4.69, 9.17) is 9.84 Å². The van der Waals surface area contributed by atoms with Crippen molar-refractivity contribution in [2.75, 3.05) is 52.5 Å². The molecule has 1 heterocycles. The summed E-state index contributed by atoms with van der Waals surface area (Å²) in [6.07, 6.45) is 0.557. The molecule has 1 aliphatic heterocycles. The molecule has 1 aromatic rings. The van der Waals surface area contributed by atoms with Crippen LogP contribution in [0.4, 0.5) is 0 Å². The van der Waals surface area contributed by atoms with E-state index in [1.54, 1.807) is 0 Å². The summed E-state index contributed by atoms with van der Waals surface area (Å²) in [6, 6.07) is 10.2. The lowest BCUT2D eigenvalue weighted by molar-refractivity contribution is -1.01. The molecule has 1 aliphatic rings. The largest absolute Gasteiger partial charge is 0.391 e. The van der Waals surface area contributed by atoms with Crippen LogP contribution in [0.25, 0.3) is 0 Å². The van der Waals surface area contributed by atoms with E-state index in [9.17, 15) is 5.11 Å². The van der Waals surface area contributed by atoms with E-state index < -0.39 is 6.10 Å². The zero-order valence-electron chi connectivity index (χ0n) is 14.2. The summed E-state index contributed by atoms with van der Waals surface area (Å²) in [5.41, 5.74) is 1.18. The summed E-state index contributed by atoms with van der Waals surface area (Å²) in [5.74, 6) is 0. The molecule has 4 N–H and O–H groups in total. The Balaban J connectivity index is 1.69. The van der Waals surface area contributed by atoms with Crippen molar-refractivity contribution in [3.8, 4) is 0 Å². The van der Waals surface area contributed by atoms with Gasteiger partial charge in [-0.25, -0.2) is 0 Å². The zero-order valence-corrected chi connectivity index (χ0v) is 14.2. The van der Waals surface area contributed by atoms with Gasteiger partial charge in [0.15, 0.2) is 0 Å². The second-order valence-corrected chi connectivity index (χ2v) is 6.47. The van der Waals surface area contributed by atoms with Crippen LogP contribution < -0.4 is 9.80 Å². The highest BCUT2D eigenvalue weighted by molar-refractivity contribution is 5.17. The highest BCUT2D eigenvalue weighted by Crippen LogP contribution is 2.20. The van der Waals surface area contributed by atoms with Gasteiger partial charge in [0.2, 0.25) is 0 Å². The van der Waals surface area contributed by atoms with Gasteiger partial charge in [0.25, 0.3) is 0 Å². The van der Waals surface area contributed by atoms with Gasteiger partial charge >= 0.3 is 0 Å². The number of hydrogen-bond donors (Lipinski definition) is 4. The molecule has 5 nitrogen and oxygen atoms in total. The van der Waals surface area contributed by atoms with Gasteiger partial charge in [-0.05, 0) is 12.0 Å². The van der Waals surface area contributed by atoms with E-state index in [2.05, 4.69) is 19.1 Å². The van der Waals surface area contributed by atoms with Crippen LogP contribution in [-0.2, 0) is 4.74 Å². The number of quaternary nitrogens is 2. The van der Waals surface area contributed by atoms with Crippen molar-refractivity contribution in [3.63, 3.8) is 0 Å². The molecule has 0 aliphatic carbocycles. The van der Waals surface area contributed by atoms with Crippen molar-refractivity contribution in [1.82, 2.24) is 0 Å². The Hall–Kier alpha value is -0.980. The molecule has 2 rings (SSSR count). The number of rotatable bonds is 9. The van der Waals surface area contributed by atoms with Crippen LogP contribution in [-0.4, -0.2) is 68.8 Å². The maximum atomic E-state index is 10.3. The number of hydrogen-bond acceptors (Lipinski definition) is 3. The normalized spacial score (nSPS) is 24.3. The fourth-order valence-electron chi connectivity index (χ4n) is 3.31. The van der Waals surface area contributed by atoms with E-state index in [0.29, 0.717) is 6.61 Å². The molecular formula is C18H32N2O3+2. The molecule has 0 saturated carbocycles. The molecule has 5 heteroatoms. The van der Waals surface area contributed by atoms with Crippen molar-refractivity contribution in [3.05, 3.63) is 35.9 Å². The lowest BCUT2D eigenvalue weighted by atomic mass is 10.1. The number of benzene rings is 1. The first-order valence-electron chi connectivity index (χ1n) is 8.85. The summed E-state index contributed by atoms with van der Waals surface area (Å²) in [7, 11) is 0. The molecule has 1 saturated heterocycles. The second kappa shape index (κ2) is 10.0. The molecular weight excluding hydrogens is 292 g/mol. The molecule has 0 aromatic heterocycles. The highest BCUT2D eigenvalue weighted by Gasteiger charge is 2.25. The smallest absolute Gasteiger partial charge is 0.127 e. The first kappa shape index (κ1) is 18.4. The topological polar surface area (TPSA) is 58.6 Å². The van der Waals surface area contributed by atoms with Crippen molar-refractivity contribution in [1.29, 1.82) is 0 Å². The van der Waals surface area contributed by atoms with E-state index >= 15 is 0 Å². The van der Waals surface area contributed by atoms with Crippen molar-refractivity contribution < 1.29 is 24.7 Å². The van der Waals surface area contributed by atoms with Crippen LogP contribution >= 0.6 is 0 Å². The summed E-state index contributed by atoms with van der Waals surface area (Å²) in [5, 5.41) is 19.3. The minimum Gasteiger partial charge on any atom is -0.391 e. The Kier molecular flexibility index (Phi) is 7.99. The number of aliphatic hydroxyl groups is 2. The van der Waals surface area contributed by atoms with Gasteiger partial charge in [0, 0.05) is 0 Å². The lowest BCUT2D eigenvalue weighted by Crippen LogP contribution is -3.28. The maximum absolute atomic E-state index is 10.3. The van der Waals surface area contributed by atoms with Crippen LogP contribution in [0.2, 0.25) is 0 Å². The van der Waals surface area contributed by atoms with Gasteiger partial charge in [0.1, 0.15) is 45.4 Å². The predicted molar refractivity (Wildman–Crippen MR) is 89.6 cm³/mol. The van der Waals surface area contributed by atoms with E-state index in [0.717, 1.165) is 45.7 Å². The molecule has 0 radical (unpaired) electrons. The average Bonchev–Trinajstić information content (AvgIpc) is 2.58. The summed E-state index contributed by atoms with van der Waals surface area (Å²) in [6.45, 7) is 8.62. The molecule has 0 unspecified atom stereocenters. The quantitative estimate of drug-likeness (QED) is 0.438. The second-order valence-electron chi connectivity index (χ2n) is 6.47. The van der Waals surface area contributed by atoms with Gasteiger partial charge in [-0.15, -0.1) is 0 Å². The molecule has 0 spiro atoms. The van der Waals surface area contributed by atoms with Crippen LogP contribution in [0, 0.1) is 0 Å². The molecule has 0 amide bonds. The number of nitrogens with one attached hydrogen (secondary N) is 2. The summed E-state index contributed by atoms with van der Waals surface area (Å²) in [4.78, 5) is 2.91. The molecule has 130 valence electrons. The molecule has 23 heavy (non-hydrogen) atoms. The molecule has 1 fully saturated rings. The van der Waals surface area contributed by atoms with Gasteiger partial charge < -0.3 is 24.7 Å². The summed E-state index contributed by atoms with van der Waals surface area (Å²) >= 11 is 0. The lowest BCUT2D eigenvalue weighted by Gasteiger charge is -2.30.